The van der Waals surface area contributed by atoms with Crippen LogP contribution < -0.4 is 10.6 Å². The van der Waals surface area contributed by atoms with Crippen molar-refractivity contribution in [2.45, 2.75) is 45.3 Å². The Bertz CT molecular complexity index is 734. The fourth-order valence-corrected chi connectivity index (χ4v) is 2.70. The average Bonchev–Trinajstić information content (AvgIpc) is 3.32. The molecule has 1 fully saturated rings. The number of aryl methyl sites for hydroxylation is 1. The molecule has 1 saturated carbocycles. The van der Waals surface area contributed by atoms with Gasteiger partial charge < -0.3 is 15.2 Å². The van der Waals surface area contributed by atoms with Crippen molar-refractivity contribution >= 4 is 17.6 Å². The number of aromatic nitrogens is 3. The van der Waals surface area contributed by atoms with Crippen molar-refractivity contribution in [2.24, 2.45) is 12.0 Å². The fraction of sp³-hybridized carbons (Fsp3) is 0.471. The Morgan fingerprint density at radius 1 is 1.38 bits per heavy atom. The Hall–Kier alpha value is -2.08. The second-order valence-corrected chi connectivity index (χ2v) is 6.60. The van der Waals surface area contributed by atoms with Gasteiger partial charge in [0.05, 0.1) is 6.04 Å². The summed E-state index contributed by atoms with van der Waals surface area (Å²) in [5, 5.41) is 15.9. The lowest BCUT2D eigenvalue weighted by Crippen LogP contribution is -2.40. The molecule has 0 aliphatic heterocycles. The zero-order valence-corrected chi connectivity index (χ0v) is 15.0. The molecule has 24 heavy (non-hydrogen) atoms. The second kappa shape index (κ2) is 7.21. The van der Waals surface area contributed by atoms with Gasteiger partial charge >= 0.3 is 0 Å². The summed E-state index contributed by atoms with van der Waals surface area (Å²) >= 11 is 6.30. The fourth-order valence-electron chi connectivity index (χ4n) is 2.40. The SMILES string of the molecule is Cc1nnc(CN=C(NC2CC2)NC(C)c2ccccc2Cl)n1C. The summed E-state index contributed by atoms with van der Waals surface area (Å²) in [7, 11) is 1.95. The molecule has 0 radical (unpaired) electrons. The molecule has 128 valence electrons. The summed E-state index contributed by atoms with van der Waals surface area (Å²) in [4.78, 5) is 4.67. The maximum absolute atomic E-state index is 6.30. The zero-order valence-electron chi connectivity index (χ0n) is 14.3. The maximum atomic E-state index is 6.30. The van der Waals surface area contributed by atoms with Crippen LogP contribution in [0.15, 0.2) is 29.3 Å². The highest BCUT2D eigenvalue weighted by molar-refractivity contribution is 6.31. The van der Waals surface area contributed by atoms with Gasteiger partial charge in [-0.1, -0.05) is 29.8 Å². The van der Waals surface area contributed by atoms with Crippen molar-refractivity contribution in [3.05, 3.63) is 46.5 Å². The number of nitrogens with one attached hydrogen (secondary N) is 2. The summed E-state index contributed by atoms with van der Waals surface area (Å²) in [6.07, 6.45) is 2.37. The lowest BCUT2D eigenvalue weighted by atomic mass is 10.1. The molecule has 2 aromatic rings. The molecule has 0 saturated heterocycles. The highest BCUT2D eigenvalue weighted by Gasteiger charge is 2.23. The van der Waals surface area contributed by atoms with Crippen LogP contribution in [0.1, 0.15) is 43.0 Å². The summed E-state index contributed by atoms with van der Waals surface area (Å²) < 4.78 is 1.95. The number of nitrogens with zero attached hydrogens (tertiary/aromatic N) is 4. The van der Waals surface area contributed by atoms with E-state index in [1.807, 2.05) is 42.8 Å². The third kappa shape index (κ3) is 4.06. The highest BCUT2D eigenvalue weighted by Crippen LogP contribution is 2.23. The van der Waals surface area contributed by atoms with Gasteiger partial charge in [-0.25, -0.2) is 4.99 Å². The molecule has 6 nitrogen and oxygen atoms in total. The van der Waals surface area contributed by atoms with E-state index in [9.17, 15) is 0 Å². The van der Waals surface area contributed by atoms with Crippen LogP contribution in [0, 0.1) is 6.92 Å². The Balaban J connectivity index is 1.72. The summed E-state index contributed by atoms with van der Waals surface area (Å²) in [6, 6.07) is 8.43. The molecule has 1 aromatic carbocycles. The molecular weight excluding hydrogens is 324 g/mol. The molecular formula is C17H23ClN6. The first-order valence-corrected chi connectivity index (χ1v) is 8.59. The minimum absolute atomic E-state index is 0.0601. The third-order valence-corrected chi connectivity index (χ3v) is 4.55. The van der Waals surface area contributed by atoms with E-state index in [0.29, 0.717) is 12.6 Å². The molecule has 1 heterocycles. The maximum Gasteiger partial charge on any atom is 0.192 e. The van der Waals surface area contributed by atoms with Crippen LogP contribution in [0.4, 0.5) is 0 Å². The monoisotopic (exact) mass is 346 g/mol. The predicted molar refractivity (Wildman–Crippen MR) is 96.0 cm³/mol. The van der Waals surface area contributed by atoms with Gasteiger partial charge in [0, 0.05) is 18.1 Å². The Morgan fingerprint density at radius 3 is 2.75 bits per heavy atom. The van der Waals surface area contributed by atoms with Crippen LogP contribution in [0.2, 0.25) is 5.02 Å². The average molecular weight is 347 g/mol. The third-order valence-electron chi connectivity index (χ3n) is 4.20. The van der Waals surface area contributed by atoms with Crippen LogP contribution in [0.3, 0.4) is 0 Å². The van der Waals surface area contributed by atoms with Crippen LogP contribution in [-0.4, -0.2) is 26.8 Å². The van der Waals surface area contributed by atoms with E-state index in [1.165, 1.54) is 12.8 Å². The number of guanidine groups is 1. The molecule has 0 amide bonds. The van der Waals surface area contributed by atoms with E-state index in [4.69, 9.17) is 11.6 Å². The first-order valence-electron chi connectivity index (χ1n) is 8.21. The molecule has 1 atom stereocenters. The lowest BCUT2D eigenvalue weighted by Gasteiger charge is -2.19. The number of aliphatic imine (C=N–C) groups is 1. The van der Waals surface area contributed by atoms with Crippen molar-refractivity contribution in [2.75, 3.05) is 0 Å². The highest BCUT2D eigenvalue weighted by atomic mass is 35.5. The van der Waals surface area contributed by atoms with Gasteiger partial charge in [0.2, 0.25) is 0 Å². The van der Waals surface area contributed by atoms with Crippen molar-refractivity contribution in [3.63, 3.8) is 0 Å². The summed E-state index contributed by atoms with van der Waals surface area (Å²) in [5.74, 6) is 2.51. The first kappa shape index (κ1) is 16.8. The quantitative estimate of drug-likeness (QED) is 0.645. The van der Waals surface area contributed by atoms with Gasteiger partial charge in [0.25, 0.3) is 0 Å². The Labute approximate surface area is 147 Å². The largest absolute Gasteiger partial charge is 0.354 e. The Kier molecular flexibility index (Phi) is 5.04. The molecule has 0 bridgehead atoms. The zero-order chi connectivity index (χ0) is 17.1. The summed E-state index contributed by atoms with van der Waals surface area (Å²) in [6.45, 7) is 4.49. The minimum atomic E-state index is 0.0601. The van der Waals surface area contributed by atoms with Gasteiger partial charge in [-0.05, 0) is 38.3 Å². The molecule has 3 rings (SSSR count). The van der Waals surface area contributed by atoms with E-state index in [0.717, 1.165) is 28.2 Å². The normalized spacial score (nSPS) is 16.1. The smallest absolute Gasteiger partial charge is 0.192 e. The number of benzene rings is 1. The van der Waals surface area contributed by atoms with Gasteiger partial charge in [-0.2, -0.15) is 0 Å². The second-order valence-electron chi connectivity index (χ2n) is 6.19. The van der Waals surface area contributed by atoms with Gasteiger partial charge in [0.15, 0.2) is 11.8 Å². The Morgan fingerprint density at radius 2 is 2.12 bits per heavy atom. The first-order chi connectivity index (χ1) is 11.5. The molecule has 0 spiro atoms. The van der Waals surface area contributed by atoms with E-state index in [2.05, 4.69) is 32.7 Å². The number of hydrogen-bond donors (Lipinski definition) is 2. The van der Waals surface area contributed by atoms with Crippen molar-refractivity contribution in [1.29, 1.82) is 0 Å². The molecule has 7 heteroatoms. The van der Waals surface area contributed by atoms with Crippen LogP contribution in [0.25, 0.3) is 0 Å². The van der Waals surface area contributed by atoms with Crippen LogP contribution in [-0.2, 0) is 13.6 Å². The lowest BCUT2D eigenvalue weighted by molar-refractivity contribution is 0.675. The van der Waals surface area contributed by atoms with Crippen LogP contribution >= 0.6 is 11.6 Å². The number of hydrogen-bond acceptors (Lipinski definition) is 3. The molecule has 1 unspecified atom stereocenters. The van der Waals surface area contributed by atoms with Gasteiger partial charge in [0.1, 0.15) is 12.4 Å². The number of rotatable bonds is 5. The van der Waals surface area contributed by atoms with Crippen LogP contribution in [0.5, 0.6) is 0 Å². The molecule has 1 aromatic heterocycles. The standard InChI is InChI=1S/C17H23ClN6/c1-11(14-6-4-5-7-15(14)18)20-17(21-13-8-9-13)19-10-16-23-22-12(2)24(16)3/h4-7,11,13H,8-10H2,1-3H3,(H2,19,20,21). The van der Waals surface area contributed by atoms with Crippen molar-refractivity contribution < 1.29 is 0 Å². The van der Waals surface area contributed by atoms with E-state index in [1.54, 1.807) is 0 Å². The van der Waals surface area contributed by atoms with E-state index in [-0.39, 0.29) is 6.04 Å². The number of halogens is 1. The van der Waals surface area contributed by atoms with Crippen molar-refractivity contribution in [3.8, 4) is 0 Å². The van der Waals surface area contributed by atoms with Crippen molar-refractivity contribution in [1.82, 2.24) is 25.4 Å². The van der Waals surface area contributed by atoms with E-state index >= 15 is 0 Å². The topological polar surface area (TPSA) is 67.1 Å². The van der Waals surface area contributed by atoms with Gasteiger partial charge in [-0.15, -0.1) is 10.2 Å². The molecule has 1 aliphatic rings. The predicted octanol–water partition coefficient (Wildman–Crippen LogP) is 2.74. The molecule has 2 N–H and O–H groups in total. The van der Waals surface area contributed by atoms with Gasteiger partial charge in [-0.3, -0.25) is 0 Å². The summed E-state index contributed by atoms with van der Waals surface area (Å²) in [5.41, 5.74) is 1.05. The minimum Gasteiger partial charge on any atom is -0.354 e. The molecule has 1 aliphatic carbocycles. The van der Waals surface area contributed by atoms with E-state index < -0.39 is 0 Å².